The maximum absolute atomic E-state index is 4.34. The molecule has 0 bridgehead atoms. The molecule has 0 fully saturated rings. The first-order valence-corrected chi connectivity index (χ1v) is 5.90. The third-order valence-electron chi connectivity index (χ3n) is 2.15. The van der Waals surface area contributed by atoms with Gasteiger partial charge in [0.2, 0.25) is 0 Å². The van der Waals surface area contributed by atoms with Crippen LogP contribution in [-0.2, 0) is 0 Å². The van der Waals surface area contributed by atoms with E-state index in [9.17, 15) is 0 Å². The quantitative estimate of drug-likeness (QED) is 0.715. The number of nitrogens with zero attached hydrogens (tertiary/aromatic N) is 2. The molecular weight excluding hydrogens is 196 g/mol. The minimum atomic E-state index is 0.500. The molecule has 1 aromatic carbocycles. The molecule has 0 saturated heterocycles. The van der Waals surface area contributed by atoms with Crippen LogP contribution in [0.4, 0.5) is 0 Å². The lowest BCUT2D eigenvalue weighted by Gasteiger charge is -2.07. The Bertz CT molecular complexity index is 430. The van der Waals surface area contributed by atoms with E-state index in [1.165, 1.54) is 12.0 Å². The molecule has 0 saturated carbocycles. The zero-order valence-electron chi connectivity index (χ0n) is 10.6. The zero-order chi connectivity index (χ0) is 12.0. The molecule has 2 heteroatoms. The second-order valence-corrected chi connectivity index (χ2v) is 4.13. The molecule has 0 unspecified atom stereocenters. The third kappa shape index (κ3) is 3.02. The van der Waals surface area contributed by atoms with Crippen LogP contribution in [0.3, 0.4) is 0 Å². The van der Waals surface area contributed by atoms with Gasteiger partial charge in [0, 0.05) is 12.4 Å². The number of hydrogen-bond donors (Lipinski definition) is 0. The summed E-state index contributed by atoms with van der Waals surface area (Å²) in [4.78, 5) is 8.60. The Balaban J connectivity index is 0.000000386. The molecule has 2 nitrogen and oxygen atoms in total. The molecule has 0 N–H and O–H groups in total. The third-order valence-corrected chi connectivity index (χ3v) is 2.15. The highest BCUT2D eigenvalue weighted by Gasteiger charge is 2.05. The van der Waals surface area contributed by atoms with Crippen molar-refractivity contribution < 1.29 is 0 Å². The van der Waals surface area contributed by atoms with Crippen LogP contribution in [0.1, 0.15) is 45.6 Å². The van der Waals surface area contributed by atoms with Crippen molar-refractivity contribution in [3.63, 3.8) is 0 Å². The fraction of sp³-hybridized carbons (Fsp3) is 0.429. The summed E-state index contributed by atoms with van der Waals surface area (Å²) in [7, 11) is 0. The van der Waals surface area contributed by atoms with E-state index in [1.54, 1.807) is 12.4 Å². The van der Waals surface area contributed by atoms with E-state index in [0.717, 1.165) is 11.0 Å². The summed E-state index contributed by atoms with van der Waals surface area (Å²) in [5, 5.41) is 0. The Hall–Kier alpha value is -1.44. The van der Waals surface area contributed by atoms with E-state index in [4.69, 9.17) is 0 Å². The van der Waals surface area contributed by atoms with Crippen molar-refractivity contribution in [1.82, 2.24) is 9.97 Å². The van der Waals surface area contributed by atoms with E-state index in [2.05, 4.69) is 43.7 Å². The SMILES string of the molecule is CC(C)c1cccc2nccnc12.CCC. The Labute approximate surface area is 97.7 Å². The highest BCUT2D eigenvalue weighted by molar-refractivity contribution is 5.77. The van der Waals surface area contributed by atoms with E-state index in [0.29, 0.717) is 5.92 Å². The normalized spacial score (nSPS) is 10.1. The Morgan fingerprint density at radius 2 is 1.69 bits per heavy atom. The van der Waals surface area contributed by atoms with Gasteiger partial charge in [0.15, 0.2) is 0 Å². The summed E-state index contributed by atoms with van der Waals surface area (Å²) in [6, 6.07) is 6.14. The van der Waals surface area contributed by atoms with Crippen molar-refractivity contribution in [2.45, 2.75) is 40.0 Å². The molecule has 0 amide bonds. The largest absolute Gasteiger partial charge is 0.253 e. The average molecular weight is 216 g/mol. The smallest absolute Gasteiger partial charge is 0.0921 e. The van der Waals surface area contributed by atoms with E-state index in [1.807, 2.05) is 12.1 Å². The second-order valence-electron chi connectivity index (χ2n) is 4.13. The number of aromatic nitrogens is 2. The second kappa shape index (κ2) is 6.21. The van der Waals surface area contributed by atoms with E-state index in [-0.39, 0.29) is 0 Å². The van der Waals surface area contributed by atoms with Crippen molar-refractivity contribution in [2.75, 3.05) is 0 Å². The predicted molar refractivity (Wildman–Crippen MR) is 69.6 cm³/mol. The predicted octanol–water partition coefficient (Wildman–Crippen LogP) is 4.17. The first kappa shape index (κ1) is 12.6. The molecule has 86 valence electrons. The van der Waals surface area contributed by atoms with Crippen LogP contribution in [0.5, 0.6) is 0 Å². The van der Waals surface area contributed by atoms with Crippen molar-refractivity contribution in [3.8, 4) is 0 Å². The van der Waals surface area contributed by atoms with Gasteiger partial charge in [0.05, 0.1) is 11.0 Å². The van der Waals surface area contributed by atoms with Crippen LogP contribution in [0.2, 0.25) is 0 Å². The van der Waals surface area contributed by atoms with Gasteiger partial charge < -0.3 is 0 Å². The Morgan fingerprint density at radius 1 is 1.06 bits per heavy atom. The molecule has 0 aliphatic heterocycles. The molecular formula is C14H20N2. The Kier molecular flexibility index (Phi) is 4.90. The summed E-state index contributed by atoms with van der Waals surface area (Å²) >= 11 is 0. The lowest BCUT2D eigenvalue weighted by atomic mass is 10.0. The topological polar surface area (TPSA) is 25.8 Å². The van der Waals surface area contributed by atoms with Gasteiger partial charge in [-0.15, -0.1) is 0 Å². The summed E-state index contributed by atoms with van der Waals surface area (Å²) < 4.78 is 0. The van der Waals surface area contributed by atoms with Gasteiger partial charge in [0.25, 0.3) is 0 Å². The summed E-state index contributed by atoms with van der Waals surface area (Å²) in [5.41, 5.74) is 3.28. The average Bonchev–Trinajstić information content (AvgIpc) is 2.29. The van der Waals surface area contributed by atoms with Crippen LogP contribution in [0, 0.1) is 0 Å². The minimum absolute atomic E-state index is 0.500. The summed E-state index contributed by atoms with van der Waals surface area (Å²) in [6.07, 6.45) is 4.72. The number of para-hydroxylation sites is 1. The molecule has 0 atom stereocenters. The number of fused-ring (bicyclic) bond motifs is 1. The summed E-state index contributed by atoms with van der Waals surface area (Å²) in [5.74, 6) is 0.500. The molecule has 0 radical (unpaired) electrons. The van der Waals surface area contributed by atoms with Crippen LogP contribution in [-0.4, -0.2) is 9.97 Å². The Morgan fingerprint density at radius 3 is 2.31 bits per heavy atom. The van der Waals surface area contributed by atoms with Crippen molar-refractivity contribution in [1.29, 1.82) is 0 Å². The lowest BCUT2D eigenvalue weighted by molar-refractivity contribution is 0.872. The highest BCUT2D eigenvalue weighted by Crippen LogP contribution is 2.21. The molecule has 16 heavy (non-hydrogen) atoms. The van der Waals surface area contributed by atoms with Gasteiger partial charge in [-0.25, -0.2) is 0 Å². The lowest BCUT2D eigenvalue weighted by Crippen LogP contribution is -1.92. The molecule has 1 heterocycles. The van der Waals surface area contributed by atoms with Gasteiger partial charge >= 0.3 is 0 Å². The molecule has 0 aliphatic carbocycles. The van der Waals surface area contributed by atoms with Crippen molar-refractivity contribution in [2.24, 2.45) is 0 Å². The molecule has 0 spiro atoms. The molecule has 2 aromatic rings. The standard InChI is InChI=1S/C11H12N2.C3H8/c1-8(2)9-4-3-5-10-11(9)13-7-6-12-10;1-3-2/h3-8H,1-2H3;3H2,1-2H3. The van der Waals surface area contributed by atoms with Crippen LogP contribution in [0.25, 0.3) is 11.0 Å². The maximum Gasteiger partial charge on any atom is 0.0921 e. The van der Waals surface area contributed by atoms with Crippen LogP contribution >= 0.6 is 0 Å². The molecule has 0 aliphatic rings. The van der Waals surface area contributed by atoms with Gasteiger partial charge in [0.1, 0.15) is 0 Å². The van der Waals surface area contributed by atoms with Gasteiger partial charge in [-0.3, -0.25) is 9.97 Å². The van der Waals surface area contributed by atoms with Crippen LogP contribution in [0.15, 0.2) is 30.6 Å². The van der Waals surface area contributed by atoms with Gasteiger partial charge in [-0.05, 0) is 17.5 Å². The fourth-order valence-electron chi connectivity index (χ4n) is 1.48. The monoisotopic (exact) mass is 216 g/mol. The first-order chi connectivity index (χ1) is 7.70. The van der Waals surface area contributed by atoms with Crippen LogP contribution < -0.4 is 0 Å². The highest BCUT2D eigenvalue weighted by atomic mass is 14.8. The zero-order valence-corrected chi connectivity index (χ0v) is 10.6. The summed E-state index contributed by atoms with van der Waals surface area (Å²) in [6.45, 7) is 8.59. The van der Waals surface area contributed by atoms with Crippen molar-refractivity contribution >= 4 is 11.0 Å². The fourth-order valence-corrected chi connectivity index (χ4v) is 1.48. The minimum Gasteiger partial charge on any atom is -0.253 e. The van der Waals surface area contributed by atoms with E-state index >= 15 is 0 Å². The van der Waals surface area contributed by atoms with Gasteiger partial charge in [-0.2, -0.15) is 0 Å². The molecule has 1 aromatic heterocycles. The number of hydrogen-bond acceptors (Lipinski definition) is 2. The van der Waals surface area contributed by atoms with E-state index < -0.39 is 0 Å². The number of rotatable bonds is 1. The number of benzene rings is 1. The molecule has 2 rings (SSSR count). The maximum atomic E-state index is 4.34. The van der Waals surface area contributed by atoms with Gasteiger partial charge in [-0.1, -0.05) is 46.2 Å². The van der Waals surface area contributed by atoms with Crippen molar-refractivity contribution in [3.05, 3.63) is 36.2 Å². The first-order valence-electron chi connectivity index (χ1n) is 5.90.